The Kier molecular flexibility index (Phi) is 8.27. The number of carbonyl (C=O) groups is 1. The van der Waals surface area contributed by atoms with Crippen LogP contribution in [0.25, 0.3) is 10.9 Å². The number of alkyl halides is 1. The Morgan fingerprint density at radius 3 is 2.76 bits per heavy atom. The van der Waals surface area contributed by atoms with Gasteiger partial charge in [0.25, 0.3) is 0 Å². The summed E-state index contributed by atoms with van der Waals surface area (Å²) < 4.78 is 21.0. The van der Waals surface area contributed by atoms with E-state index in [4.69, 9.17) is 16.3 Å². The lowest BCUT2D eigenvalue weighted by atomic mass is 9.73. The summed E-state index contributed by atoms with van der Waals surface area (Å²) in [5.41, 5.74) is 2.09. The molecule has 1 aliphatic heterocycles. The van der Waals surface area contributed by atoms with Crippen molar-refractivity contribution in [3.8, 4) is 5.75 Å². The first-order valence-electron chi connectivity index (χ1n) is 12.4. The molecule has 2 N–H and O–H groups in total. The number of hydroxylamine groups is 1. The van der Waals surface area contributed by atoms with Crippen molar-refractivity contribution in [3.63, 3.8) is 0 Å². The number of ether oxygens (including phenoxy) is 1. The van der Waals surface area contributed by atoms with Crippen LogP contribution in [0.2, 0.25) is 5.02 Å². The van der Waals surface area contributed by atoms with Gasteiger partial charge in [0.05, 0.1) is 23.1 Å². The minimum absolute atomic E-state index is 0.130. The molecular weight excluding hydrogens is 457 g/mol. The lowest BCUT2D eigenvalue weighted by molar-refractivity contribution is -0.143. The molecule has 1 saturated heterocycles. The number of methoxy groups -OCH3 is 1. The molecule has 2 aliphatic rings. The van der Waals surface area contributed by atoms with Crippen molar-refractivity contribution in [2.45, 2.75) is 64.0 Å². The number of nitrogens with zero attached hydrogens (tertiary/aromatic N) is 2. The highest BCUT2D eigenvalue weighted by molar-refractivity contribution is 6.32. The molecule has 2 fully saturated rings. The maximum Gasteiger partial charge on any atom is 0.249 e. The number of halogens is 2. The van der Waals surface area contributed by atoms with Gasteiger partial charge in [-0.15, -0.1) is 0 Å². The first kappa shape index (κ1) is 25.1. The normalized spacial score (nSPS) is 19.9. The highest BCUT2D eigenvalue weighted by atomic mass is 35.5. The molecule has 2 aromatic rings. The van der Waals surface area contributed by atoms with E-state index in [1.54, 1.807) is 25.3 Å². The number of hydrogen-bond acceptors (Lipinski definition) is 5. The third kappa shape index (κ3) is 5.47. The fraction of sp³-hybridized carbons (Fsp3) is 0.615. The van der Waals surface area contributed by atoms with Crippen LogP contribution >= 0.6 is 11.6 Å². The summed E-state index contributed by atoms with van der Waals surface area (Å²) in [4.78, 5) is 19.4. The standard InChI is InChI=1S/C26H35ClFN3O3/c1-34-19-6-7-23-20(16-19)24(21(27)17-29-23)22(28)8-10-26(25(32)30-33)11-14-31(15-12-26)13-9-18-4-2-3-5-18/h6-7,16-18,22,33H,2-5,8-15H2,1H3,(H,30,32). The van der Waals surface area contributed by atoms with Crippen LogP contribution in [0.5, 0.6) is 5.75 Å². The van der Waals surface area contributed by atoms with E-state index in [-0.39, 0.29) is 11.4 Å². The Hall–Kier alpha value is -1.96. The van der Waals surface area contributed by atoms with Crippen LogP contribution in [-0.2, 0) is 4.79 Å². The molecule has 1 saturated carbocycles. The minimum atomic E-state index is -1.37. The quantitative estimate of drug-likeness (QED) is 0.339. The van der Waals surface area contributed by atoms with Gasteiger partial charge in [-0.2, -0.15) is 0 Å². The lowest BCUT2D eigenvalue weighted by Crippen LogP contribution is -2.48. The zero-order chi connectivity index (χ0) is 24.1. The van der Waals surface area contributed by atoms with Gasteiger partial charge in [0.2, 0.25) is 5.91 Å². The number of benzene rings is 1. The van der Waals surface area contributed by atoms with E-state index in [0.717, 1.165) is 25.6 Å². The number of nitrogens with one attached hydrogen (secondary N) is 1. The molecule has 1 unspecified atom stereocenters. The highest BCUT2D eigenvalue weighted by Gasteiger charge is 2.41. The van der Waals surface area contributed by atoms with Crippen molar-refractivity contribution in [1.29, 1.82) is 0 Å². The number of pyridine rings is 1. The summed E-state index contributed by atoms with van der Waals surface area (Å²) in [6.45, 7) is 2.62. The predicted molar refractivity (Wildman–Crippen MR) is 131 cm³/mol. The third-order valence-electron chi connectivity index (χ3n) is 7.98. The smallest absolute Gasteiger partial charge is 0.249 e. The molecule has 0 spiro atoms. The Bertz CT molecular complexity index is 991. The van der Waals surface area contributed by atoms with Gasteiger partial charge in [0, 0.05) is 17.1 Å². The van der Waals surface area contributed by atoms with Gasteiger partial charge in [0.15, 0.2) is 0 Å². The molecule has 0 bridgehead atoms. The van der Waals surface area contributed by atoms with Crippen molar-refractivity contribution in [2.24, 2.45) is 11.3 Å². The van der Waals surface area contributed by atoms with E-state index in [0.29, 0.717) is 41.5 Å². The number of carbonyl (C=O) groups excluding carboxylic acids is 1. The molecule has 2 heterocycles. The average molecular weight is 492 g/mol. The van der Waals surface area contributed by atoms with E-state index < -0.39 is 17.5 Å². The van der Waals surface area contributed by atoms with E-state index in [1.807, 2.05) is 5.48 Å². The molecule has 8 heteroatoms. The fourth-order valence-electron chi connectivity index (χ4n) is 5.74. The zero-order valence-electron chi connectivity index (χ0n) is 19.9. The molecule has 186 valence electrons. The maximum absolute atomic E-state index is 15.7. The largest absolute Gasteiger partial charge is 0.497 e. The molecular formula is C26H35ClFN3O3. The minimum Gasteiger partial charge on any atom is -0.497 e. The highest BCUT2D eigenvalue weighted by Crippen LogP contribution is 2.42. The van der Waals surface area contributed by atoms with Gasteiger partial charge in [-0.05, 0) is 75.9 Å². The topological polar surface area (TPSA) is 74.7 Å². The third-order valence-corrected chi connectivity index (χ3v) is 8.28. The molecule has 1 aliphatic carbocycles. The fourth-order valence-corrected chi connectivity index (χ4v) is 6.01. The SMILES string of the molecule is COc1ccc2ncc(Cl)c(C(F)CCC3(C(=O)NO)CCN(CCC4CCCC4)CC3)c2c1. The monoisotopic (exact) mass is 491 g/mol. The summed E-state index contributed by atoms with van der Waals surface area (Å²) >= 11 is 6.38. The van der Waals surface area contributed by atoms with E-state index >= 15 is 4.39 Å². The van der Waals surface area contributed by atoms with Gasteiger partial charge in [-0.3, -0.25) is 15.0 Å². The van der Waals surface area contributed by atoms with Crippen LogP contribution in [0.15, 0.2) is 24.4 Å². The van der Waals surface area contributed by atoms with Crippen LogP contribution < -0.4 is 10.2 Å². The number of piperidine rings is 1. The summed E-state index contributed by atoms with van der Waals surface area (Å²) in [5, 5.41) is 10.3. The first-order chi connectivity index (χ1) is 16.5. The van der Waals surface area contributed by atoms with E-state index in [9.17, 15) is 10.0 Å². The Labute approximate surface area is 205 Å². The lowest BCUT2D eigenvalue weighted by Gasteiger charge is -2.40. The summed E-state index contributed by atoms with van der Waals surface area (Å²) in [6.07, 6.45) is 8.35. The number of fused-ring (bicyclic) bond motifs is 1. The van der Waals surface area contributed by atoms with Crippen molar-refractivity contribution in [3.05, 3.63) is 35.0 Å². The second kappa shape index (κ2) is 11.2. The molecule has 1 aromatic heterocycles. The second-order valence-corrected chi connectivity index (χ2v) is 10.3. The molecule has 0 radical (unpaired) electrons. The second-order valence-electron chi connectivity index (χ2n) is 9.91. The Balaban J connectivity index is 1.44. The Morgan fingerprint density at radius 2 is 2.09 bits per heavy atom. The maximum atomic E-state index is 15.7. The van der Waals surface area contributed by atoms with Crippen molar-refractivity contribution >= 4 is 28.4 Å². The average Bonchev–Trinajstić information content (AvgIpc) is 3.39. The van der Waals surface area contributed by atoms with Crippen LogP contribution in [0.4, 0.5) is 4.39 Å². The van der Waals surface area contributed by atoms with Gasteiger partial charge in [-0.25, -0.2) is 9.87 Å². The Morgan fingerprint density at radius 1 is 1.35 bits per heavy atom. The van der Waals surface area contributed by atoms with Gasteiger partial charge >= 0.3 is 0 Å². The van der Waals surface area contributed by atoms with Crippen LogP contribution in [0.3, 0.4) is 0 Å². The molecule has 1 aromatic carbocycles. The first-order valence-corrected chi connectivity index (χ1v) is 12.8. The number of likely N-dealkylation sites (tertiary alicyclic amines) is 1. The zero-order valence-corrected chi connectivity index (χ0v) is 20.6. The van der Waals surface area contributed by atoms with Gasteiger partial charge in [0.1, 0.15) is 11.9 Å². The van der Waals surface area contributed by atoms with E-state index in [2.05, 4.69) is 9.88 Å². The van der Waals surface area contributed by atoms with Crippen LogP contribution in [0, 0.1) is 11.3 Å². The van der Waals surface area contributed by atoms with Crippen LogP contribution in [0.1, 0.15) is 69.5 Å². The predicted octanol–water partition coefficient (Wildman–Crippen LogP) is 5.86. The van der Waals surface area contributed by atoms with Crippen molar-refractivity contribution in [2.75, 3.05) is 26.7 Å². The van der Waals surface area contributed by atoms with Crippen LogP contribution in [-0.4, -0.2) is 47.7 Å². The number of hydrogen-bond donors (Lipinski definition) is 2. The summed E-state index contributed by atoms with van der Waals surface area (Å²) in [7, 11) is 1.56. The van der Waals surface area contributed by atoms with Crippen molar-refractivity contribution in [1.82, 2.24) is 15.4 Å². The summed E-state index contributed by atoms with van der Waals surface area (Å²) in [5.74, 6) is 1.02. The van der Waals surface area contributed by atoms with Gasteiger partial charge in [-0.1, -0.05) is 37.3 Å². The van der Waals surface area contributed by atoms with Gasteiger partial charge < -0.3 is 9.64 Å². The summed E-state index contributed by atoms with van der Waals surface area (Å²) in [6, 6.07) is 5.30. The molecule has 4 rings (SSSR count). The number of rotatable bonds is 9. The number of amides is 1. The van der Waals surface area contributed by atoms with E-state index in [1.165, 1.54) is 38.3 Å². The molecule has 34 heavy (non-hydrogen) atoms. The van der Waals surface area contributed by atoms with Crippen molar-refractivity contribution < 1.29 is 19.1 Å². The molecule has 6 nitrogen and oxygen atoms in total. The molecule has 1 atom stereocenters. The number of aromatic nitrogens is 1. The molecule has 1 amide bonds.